The molecule has 2 N–H and O–H groups in total. The van der Waals surface area contributed by atoms with E-state index in [2.05, 4.69) is 0 Å². The molecule has 1 fully saturated rings. The molecular weight excluding hydrogens is 318 g/mol. The van der Waals surface area contributed by atoms with Gasteiger partial charge in [-0.05, 0) is 45.7 Å². The number of rotatable bonds is 0. The van der Waals surface area contributed by atoms with E-state index in [9.17, 15) is 15.0 Å². The summed E-state index contributed by atoms with van der Waals surface area (Å²) in [5.41, 5.74) is -0.584. The van der Waals surface area contributed by atoms with E-state index in [0.717, 1.165) is 10.9 Å². The molecule has 134 valence electrons. The lowest BCUT2D eigenvalue weighted by Crippen LogP contribution is -2.58. The molecule has 1 aromatic carbocycles. The highest BCUT2D eigenvalue weighted by molar-refractivity contribution is 5.87. The predicted molar refractivity (Wildman–Crippen MR) is 96.0 cm³/mol. The number of benzene rings is 1. The molecule has 0 radical (unpaired) electrons. The number of pyridine rings is 1. The summed E-state index contributed by atoms with van der Waals surface area (Å²) in [5.74, 6) is 0.0941. The molecular formula is C20H25NO4. The quantitative estimate of drug-likeness (QED) is 0.770. The fourth-order valence-corrected chi connectivity index (χ4v) is 4.75. The average molecular weight is 343 g/mol. The van der Waals surface area contributed by atoms with Gasteiger partial charge < -0.3 is 19.5 Å². The van der Waals surface area contributed by atoms with Gasteiger partial charge >= 0.3 is 0 Å². The van der Waals surface area contributed by atoms with E-state index in [0.29, 0.717) is 24.2 Å². The standard InChI is InChI=1S/C20H25NO4/c1-19(2)12-9-10-20(3,24)17(22)14(12)15-16(25-19)11-7-5-6-8-13(11)21(4)18(15)23/h5-8,12,14,17,22,24H,9-10H2,1-4H3/t12-,14-,17+,20+/m1/s1. The van der Waals surface area contributed by atoms with Crippen LogP contribution in [0.5, 0.6) is 5.75 Å². The van der Waals surface area contributed by atoms with Crippen LogP contribution in [0.1, 0.15) is 45.1 Å². The van der Waals surface area contributed by atoms with Gasteiger partial charge in [0.1, 0.15) is 11.4 Å². The van der Waals surface area contributed by atoms with E-state index in [-0.39, 0.29) is 11.5 Å². The molecule has 25 heavy (non-hydrogen) atoms. The lowest BCUT2D eigenvalue weighted by atomic mass is 9.61. The number of fused-ring (bicyclic) bond motifs is 5. The van der Waals surface area contributed by atoms with Gasteiger partial charge in [0.25, 0.3) is 5.56 Å². The summed E-state index contributed by atoms with van der Waals surface area (Å²) in [6.07, 6.45) is 0.199. The van der Waals surface area contributed by atoms with Crippen molar-refractivity contribution in [3.05, 3.63) is 40.2 Å². The van der Waals surface area contributed by atoms with E-state index >= 15 is 0 Å². The maximum Gasteiger partial charge on any atom is 0.258 e. The predicted octanol–water partition coefficient (Wildman–Crippen LogP) is 2.32. The Morgan fingerprint density at radius 2 is 1.92 bits per heavy atom. The molecule has 5 nitrogen and oxygen atoms in total. The van der Waals surface area contributed by atoms with Crippen molar-refractivity contribution >= 4 is 10.9 Å². The number of hydrogen-bond acceptors (Lipinski definition) is 4. The van der Waals surface area contributed by atoms with E-state index in [1.54, 1.807) is 18.5 Å². The smallest absolute Gasteiger partial charge is 0.258 e. The second kappa shape index (κ2) is 5.08. The Hall–Kier alpha value is -1.85. The van der Waals surface area contributed by atoms with Crippen molar-refractivity contribution in [2.45, 2.75) is 56.8 Å². The molecule has 0 amide bonds. The van der Waals surface area contributed by atoms with Gasteiger partial charge in [-0.2, -0.15) is 0 Å². The van der Waals surface area contributed by atoms with Crippen molar-refractivity contribution in [1.82, 2.24) is 4.57 Å². The molecule has 2 aromatic rings. The third kappa shape index (κ3) is 2.19. The normalized spacial score (nSPS) is 33.4. The molecule has 1 aliphatic carbocycles. The van der Waals surface area contributed by atoms with Crippen molar-refractivity contribution in [3.63, 3.8) is 0 Å². The first-order chi connectivity index (χ1) is 11.6. The van der Waals surface area contributed by atoms with Crippen LogP contribution in [0.4, 0.5) is 0 Å². The molecule has 0 unspecified atom stereocenters. The van der Waals surface area contributed by atoms with Crippen LogP contribution in [0.15, 0.2) is 29.1 Å². The third-order valence-corrected chi connectivity index (χ3v) is 6.25. The Balaban J connectivity index is 2.08. The van der Waals surface area contributed by atoms with Crippen LogP contribution in [-0.4, -0.2) is 32.1 Å². The number of hydrogen-bond donors (Lipinski definition) is 2. The van der Waals surface area contributed by atoms with E-state index in [1.807, 2.05) is 38.1 Å². The first-order valence-corrected chi connectivity index (χ1v) is 8.86. The Labute approximate surface area is 146 Å². The van der Waals surface area contributed by atoms with Gasteiger partial charge in [0.2, 0.25) is 0 Å². The third-order valence-electron chi connectivity index (χ3n) is 6.25. The van der Waals surface area contributed by atoms with Gasteiger partial charge in [-0.1, -0.05) is 12.1 Å². The van der Waals surface area contributed by atoms with Gasteiger partial charge in [-0.15, -0.1) is 0 Å². The summed E-state index contributed by atoms with van der Waals surface area (Å²) in [4.78, 5) is 13.1. The highest BCUT2D eigenvalue weighted by atomic mass is 16.5. The number of aromatic nitrogens is 1. The van der Waals surface area contributed by atoms with Crippen LogP contribution in [0.25, 0.3) is 10.9 Å². The molecule has 0 bridgehead atoms. The largest absolute Gasteiger partial charge is 0.486 e. The monoisotopic (exact) mass is 343 g/mol. The van der Waals surface area contributed by atoms with Crippen molar-refractivity contribution in [3.8, 4) is 5.75 Å². The fraction of sp³-hybridized carbons (Fsp3) is 0.550. The summed E-state index contributed by atoms with van der Waals surface area (Å²) >= 11 is 0. The minimum absolute atomic E-state index is 0.0240. The van der Waals surface area contributed by atoms with Crippen molar-refractivity contribution < 1.29 is 14.9 Å². The minimum Gasteiger partial charge on any atom is -0.486 e. The maximum atomic E-state index is 13.1. The second-order valence-electron chi connectivity index (χ2n) is 8.30. The SMILES string of the molecule is Cn1c(=O)c2c(c3ccccc31)OC(C)(C)[C@@H]1CC[C@](C)(O)[C@@H](O)[C@@H]21. The Kier molecular flexibility index (Phi) is 3.38. The van der Waals surface area contributed by atoms with Crippen LogP contribution >= 0.6 is 0 Å². The molecule has 1 aliphatic heterocycles. The summed E-state index contributed by atoms with van der Waals surface area (Å²) in [6, 6.07) is 7.65. The van der Waals surface area contributed by atoms with Crippen LogP contribution in [0.3, 0.4) is 0 Å². The number of aliphatic hydroxyl groups is 2. The maximum absolute atomic E-state index is 13.1. The van der Waals surface area contributed by atoms with Gasteiger partial charge in [0.05, 0.1) is 22.8 Å². The number of aryl methyl sites for hydroxylation is 1. The van der Waals surface area contributed by atoms with Gasteiger partial charge in [-0.3, -0.25) is 4.79 Å². The second-order valence-corrected chi connectivity index (χ2v) is 8.30. The van der Waals surface area contributed by atoms with Gasteiger partial charge in [0, 0.05) is 24.3 Å². The van der Waals surface area contributed by atoms with Crippen LogP contribution in [0, 0.1) is 5.92 Å². The number of para-hydroxylation sites is 1. The topological polar surface area (TPSA) is 71.7 Å². The van der Waals surface area contributed by atoms with Crippen LogP contribution < -0.4 is 10.3 Å². The molecule has 5 heteroatoms. The molecule has 4 atom stereocenters. The van der Waals surface area contributed by atoms with Crippen molar-refractivity contribution in [2.24, 2.45) is 13.0 Å². The van der Waals surface area contributed by atoms with Crippen molar-refractivity contribution in [2.75, 3.05) is 0 Å². The lowest BCUT2D eigenvalue weighted by molar-refractivity contribution is -0.143. The molecule has 2 aliphatic rings. The Morgan fingerprint density at radius 3 is 2.64 bits per heavy atom. The molecule has 2 heterocycles. The van der Waals surface area contributed by atoms with E-state index in [1.165, 1.54) is 0 Å². The zero-order valence-corrected chi connectivity index (χ0v) is 15.1. The Morgan fingerprint density at radius 1 is 1.24 bits per heavy atom. The summed E-state index contributed by atoms with van der Waals surface area (Å²) in [6.45, 7) is 5.67. The number of nitrogens with zero attached hydrogens (tertiary/aromatic N) is 1. The zero-order chi connectivity index (χ0) is 18.1. The van der Waals surface area contributed by atoms with Gasteiger partial charge in [0.15, 0.2) is 0 Å². The number of ether oxygens (including phenoxy) is 1. The summed E-state index contributed by atoms with van der Waals surface area (Å²) < 4.78 is 7.96. The summed E-state index contributed by atoms with van der Waals surface area (Å²) in [5, 5.41) is 22.5. The molecule has 0 spiro atoms. The summed E-state index contributed by atoms with van der Waals surface area (Å²) in [7, 11) is 1.74. The zero-order valence-electron chi connectivity index (χ0n) is 15.1. The van der Waals surface area contributed by atoms with Crippen molar-refractivity contribution in [1.29, 1.82) is 0 Å². The average Bonchev–Trinajstić information content (AvgIpc) is 2.55. The van der Waals surface area contributed by atoms with E-state index in [4.69, 9.17) is 4.74 Å². The van der Waals surface area contributed by atoms with Crippen LogP contribution in [-0.2, 0) is 7.05 Å². The molecule has 4 rings (SSSR count). The number of aliphatic hydroxyl groups excluding tert-OH is 1. The molecule has 1 saturated carbocycles. The molecule has 0 saturated heterocycles. The first-order valence-electron chi connectivity index (χ1n) is 8.86. The highest BCUT2D eigenvalue weighted by Crippen LogP contribution is 2.54. The Bertz CT molecular complexity index is 912. The van der Waals surface area contributed by atoms with Crippen LogP contribution in [0.2, 0.25) is 0 Å². The van der Waals surface area contributed by atoms with E-state index < -0.39 is 23.2 Å². The fourth-order valence-electron chi connectivity index (χ4n) is 4.75. The highest BCUT2D eigenvalue weighted by Gasteiger charge is 2.55. The van der Waals surface area contributed by atoms with Gasteiger partial charge in [-0.25, -0.2) is 0 Å². The molecule has 1 aromatic heterocycles. The lowest BCUT2D eigenvalue weighted by Gasteiger charge is -2.52. The minimum atomic E-state index is -1.21. The first kappa shape index (κ1) is 16.6.